The van der Waals surface area contributed by atoms with Crippen LogP contribution < -0.4 is 5.32 Å². The molecule has 0 aromatic heterocycles. The fourth-order valence-corrected chi connectivity index (χ4v) is 2.30. The molecule has 0 bridgehead atoms. The van der Waals surface area contributed by atoms with Crippen molar-refractivity contribution in [2.75, 3.05) is 20.3 Å². The molecule has 0 heterocycles. The lowest BCUT2D eigenvalue weighted by molar-refractivity contribution is -0.120. The molecule has 0 saturated carbocycles. The number of hydrogen-bond acceptors (Lipinski definition) is 4. The van der Waals surface area contributed by atoms with E-state index in [9.17, 15) is 9.59 Å². The summed E-state index contributed by atoms with van der Waals surface area (Å²) in [6.07, 6.45) is 0.799. The van der Waals surface area contributed by atoms with Crippen LogP contribution in [0.15, 0.2) is 29.2 Å². The monoisotopic (exact) mass is 267 g/mol. The molecule has 0 aliphatic heterocycles. The van der Waals surface area contributed by atoms with E-state index in [-0.39, 0.29) is 11.2 Å². The molecule has 0 spiro atoms. The number of ether oxygens (including phenoxy) is 1. The maximum absolute atomic E-state index is 11.7. The quantitative estimate of drug-likeness (QED) is 0.464. The zero-order valence-electron chi connectivity index (χ0n) is 10.5. The van der Waals surface area contributed by atoms with Crippen LogP contribution in [0.25, 0.3) is 0 Å². The van der Waals surface area contributed by atoms with Crippen LogP contribution in [-0.4, -0.2) is 37.7 Å². The summed E-state index contributed by atoms with van der Waals surface area (Å²) in [4.78, 5) is 23.3. The fraction of sp³-hybridized carbons (Fsp3) is 0.385. The molecular formula is C13H17NO3S. The number of amides is 1. The van der Waals surface area contributed by atoms with Gasteiger partial charge in [-0.25, -0.2) is 0 Å². The van der Waals surface area contributed by atoms with E-state index in [1.165, 1.54) is 11.8 Å². The Bertz CT molecular complexity index is 409. The number of methoxy groups -OCH3 is 1. The zero-order chi connectivity index (χ0) is 13.4. The van der Waals surface area contributed by atoms with Crippen LogP contribution in [0.4, 0.5) is 0 Å². The molecule has 0 radical (unpaired) electrons. The number of nitrogens with one attached hydrogen (secondary N) is 1. The number of rotatable bonds is 7. The predicted molar refractivity (Wildman–Crippen MR) is 72.0 cm³/mol. The molecular weight excluding hydrogens is 250 g/mol. The Labute approximate surface area is 111 Å². The highest BCUT2D eigenvalue weighted by atomic mass is 32.2. The van der Waals surface area contributed by atoms with Gasteiger partial charge in [0.05, 0.1) is 11.9 Å². The maximum atomic E-state index is 11.7. The minimum Gasteiger partial charge on any atom is -0.383 e. The molecule has 0 aliphatic rings. The highest BCUT2D eigenvalue weighted by Gasteiger charge is 2.13. The van der Waals surface area contributed by atoms with Crippen molar-refractivity contribution in [2.24, 2.45) is 0 Å². The minimum atomic E-state index is -0.205. The number of carbonyl (C=O) groups excluding carboxylic acids is 2. The molecule has 5 heteroatoms. The van der Waals surface area contributed by atoms with E-state index in [0.717, 1.165) is 11.2 Å². The molecule has 1 atom stereocenters. The smallest absolute Gasteiger partial charge is 0.233 e. The topological polar surface area (TPSA) is 55.4 Å². The van der Waals surface area contributed by atoms with Gasteiger partial charge in [0, 0.05) is 24.1 Å². The van der Waals surface area contributed by atoms with Gasteiger partial charge in [0.2, 0.25) is 5.91 Å². The number of hydrogen-bond donors (Lipinski definition) is 1. The summed E-state index contributed by atoms with van der Waals surface area (Å²) in [7, 11) is 1.59. The first-order valence-electron chi connectivity index (χ1n) is 5.66. The number of thioether (sulfide) groups is 1. The normalized spacial score (nSPS) is 11.9. The van der Waals surface area contributed by atoms with E-state index in [2.05, 4.69) is 5.32 Å². The molecule has 18 heavy (non-hydrogen) atoms. The number of carbonyl (C=O) groups is 2. The Morgan fingerprint density at radius 1 is 1.56 bits per heavy atom. The van der Waals surface area contributed by atoms with Gasteiger partial charge in [0.1, 0.15) is 6.29 Å². The molecule has 1 rings (SSSR count). The highest BCUT2D eigenvalue weighted by Crippen LogP contribution is 2.23. The minimum absolute atomic E-state index is 0.0337. The molecule has 1 N–H and O–H groups in total. The van der Waals surface area contributed by atoms with Crippen molar-refractivity contribution in [1.82, 2.24) is 5.32 Å². The van der Waals surface area contributed by atoms with E-state index in [4.69, 9.17) is 4.74 Å². The largest absolute Gasteiger partial charge is 0.383 e. The van der Waals surface area contributed by atoms with Gasteiger partial charge < -0.3 is 10.1 Å². The van der Waals surface area contributed by atoms with E-state index >= 15 is 0 Å². The molecule has 0 fully saturated rings. The zero-order valence-corrected chi connectivity index (χ0v) is 11.3. The van der Waals surface area contributed by atoms with Gasteiger partial charge in [-0.3, -0.25) is 9.59 Å². The van der Waals surface area contributed by atoms with E-state index < -0.39 is 0 Å². The lowest BCUT2D eigenvalue weighted by atomic mass is 10.2. The van der Waals surface area contributed by atoms with Crippen molar-refractivity contribution in [3.63, 3.8) is 0 Å². The van der Waals surface area contributed by atoms with Gasteiger partial charge in [0.15, 0.2) is 0 Å². The first kappa shape index (κ1) is 14.7. The van der Waals surface area contributed by atoms with Crippen molar-refractivity contribution in [2.45, 2.75) is 17.1 Å². The van der Waals surface area contributed by atoms with Crippen LogP contribution in [0.1, 0.15) is 17.3 Å². The predicted octanol–water partition coefficient (Wildman–Crippen LogP) is 1.74. The maximum Gasteiger partial charge on any atom is 0.233 e. The molecule has 1 amide bonds. The Kier molecular flexibility index (Phi) is 6.46. The third kappa shape index (κ3) is 4.89. The van der Waals surface area contributed by atoms with Crippen molar-refractivity contribution in [1.29, 1.82) is 0 Å². The van der Waals surface area contributed by atoms with E-state index in [1.54, 1.807) is 19.2 Å². The highest BCUT2D eigenvalue weighted by molar-refractivity contribution is 8.00. The van der Waals surface area contributed by atoms with Crippen LogP contribution in [0.5, 0.6) is 0 Å². The molecule has 1 aromatic carbocycles. The second-order valence-corrected chi connectivity index (χ2v) is 5.15. The second kappa shape index (κ2) is 7.89. The lowest BCUT2D eigenvalue weighted by Gasteiger charge is -2.11. The van der Waals surface area contributed by atoms with Gasteiger partial charge in [-0.05, 0) is 19.1 Å². The molecule has 0 saturated heterocycles. The van der Waals surface area contributed by atoms with Crippen molar-refractivity contribution < 1.29 is 14.3 Å². The van der Waals surface area contributed by atoms with Gasteiger partial charge >= 0.3 is 0 Å². The summed E-state index contributed by atoms with van der Waals surface area (Å²) in [6.45, 7) is 2.85. The van der Waals surface area contributed by atoms with Gasteiger partial charge in [-0.1, -0.05) is 12.1 Å². The van der Waals surface area contributed by atoms with Gasteiger partial charge in [0.25, 0.3) is 0 Å². The summed E-state index contributed by atoms with van der Waals surface area (Å²) >= 11 is 1.43. The van der Waals surface area contributed by atoms with Crippen molar-refractivity contribution in [3.8, 4) is 0 Å². The molecule has 1 unspecified atom stereocenters. The lowest BCUT2D eigenvalue weighted by Crippen LogP contribution is -2.33. The van der Waals surface area contributed by atoms with Gasteiger partial charge in [-0.15, -0.1) is 11.8 Å². The summed E-state index contributed by atoms with van der Waals surface area (Å²) in [5, 5.41) is 2.57. The van der Waals surface area contributed by atoms with Crippen molar-refractivity contribution >= 4 is 24.0 Å². The first-order valence-corrected chi connectivity index (χ1v) is 6.54. The first-order chi connectivity index (χ1) is 8.67. The average Bonchev–Trinajstić information content (AvgIpc) is 2.39. The summed E-state index contributed by atoms with van der Waals surface area (Å²) < 4.78 is 4.86. The summed E-state index contributed by atoms with van der Waals surface area (Å²) in [5.74, 6) is -0.0337. The Morgan fingerprint density at radius 3 is 3.00 bits per heavy atom. The van der Waals surface area contributed by atoms with E-state index in [1.807, 2.05) is 19.1 Å². The van der Waals surface area contributed by atoms with Crippen LogP contribution >= 0.6 is 11.8 Å². The second-order valence-electron chi connectivity index (χ2n) is 3.73. The third-order valence-electron chi connectivity index (χ3n) is 2.28. The molecule has 98 valence electrons. The third-order valence-corrected chi connectivity index (χ3v) is 3.38. The van der Waals surface area contributed by atoms with E-state index in [0.29, 0.717) is 18.7 Å². The number of benzene rings is 1. The van der Waals surface area contributed by atoms with Crippen molar-refractivity contribution in [3.05, 3.63) is 29.8 Å². The SMILES string of the molecule is COCCNC(=O)C(C)Sc1cccc(C=O)c1. The Morgan fingerprint density at radius 2 is 2.33 bits per heavy atom. The average molecular weight is 267 g/mol. The standard InChI is InChI=1S/C13H17NO3S/c1-10(13(16)14-6-7-17-2)18-12-5-3-4-11(8-12)9-15/h3-5,8-10H,6-7H2,1-2H3,(H,14,16). The van der Waals surface area contributed by atoms with Crippen LogP contribution in [0, 0.1) is 0 Å². The molecule has 1 aromatic rings. The van der Waals surface area contributed by atoms with Gasteiger partial charge in [-0.2, -0.15) is 0 Å². The van der Waals surface area contributed by atoms with Crippen LogP contribution in [-0.2, 0) is 9.53 Å². The summed E-state index contributed by atoms with van der Waals surface area (Å²) in [6, 6.07) is 7.20. The Hall–Kier alpha value is -1.33. The summed E-state index contributed by atoms with van der Waals surface area (Å²) in [5.41, 5.74) is 0.618. The fourth-order valence-electron chi connectivity index (χ4n) is 1.34. The van der Waals surface area contributed by atoms with Crippen LogP contribution in [0.3, 0.4) is 0 Å². The molecule has 0 aliphatic carbocycles. The molecule has 4 nitrogen and oxygen atoms in total. The Balaban J connectivity index is 2.49. The van der Waals surface area contributed by atoms with Crippen LogP contribution in [0.2, 0.25) is 0 Å². The number of aldehydes is 1.